The predicted molar refractivity (Wildman–Crippen MR) is 93.0 cm³/mol. The monoisotopic (exact) mass is 300 g/mol. The molecular weight excluding hydrogens is 272 g/mol. The molecule has 2 heterocycles. The number of hydrogen-bond acceptors (Lipinski definition) is 3. The van der Waals surface area contributed by atoms with Crippen LogP contribution >= 0.6 is 0 Å². The maximum atomic E-state index is 5.91. The van der Waals surface area contributed by atoms with Crippen LogP contribution in [0.25, 0.3) is 6.08 Å². The molecule has 3 nitrogen and oxygen atoms in total. The van der Waals surface area contributed by atoms with Crippen molar-refractivity contribution in [3.8, 4) is 5.75 Å². The lowest BCUT2D eigenvalue weighted by atomic mass is 9.96. The zero-order valence-electron chi connectivity index (χ0n) is 14.2. The second kappa shape index (κ2) is 7.59. The number of aromatic nitrogens is 1. The summed E-state index contributed by atoms with van der Waals surface area (Å²) in [6.07, 6.45) is 14.5. The van der Waals surface area contributed by atoms with Gasteiger partial charge < -0.3 is 9.64 Å². The van der Waals surface area contributed by atoms with E-state index in [1.165, 1.54) is 19.4 Å². The van der Waals surface area contributed by atoms with Crippen molar-refractivity contribution in [1.82, 2.24) is 9.88 Å². The molecule has 1 atom stereocenters. The molecule has 1 aromatic heterocycles. The molecule has 0 unspecified atom stereocenters. The molecule has 22 heavy (non-hydrogen) atoms. The number of ether oxygens (including phenoxy) is 1. The predicted octanol–water partition coefficient (Wildman–Crippen LogP) is 4.17. The van der Waals surface area contributed by atoms with Gasteiger partial charge in [-0.2, -0.15) is 0 Å². The smallest absolute Gasteiger partial charge is 0.138 e. The molecule has 1 saturated heterocycles. The average Bonchev–Trinajstić information content (AvgIpc) is 2.86. The lowest BCUT2D eigenvalue weighted by molar-refractivity contribution is 0.198. The molecule has 0 aromatic carbocycles. The molecule has 0 saturated carbocycles. The minimum absolute atomic E-state index is 0.209. The normalized spacial score (nSPS) is 20.3. The van der Waals surface area contributed by atoms with E-state index in [0.29, 0.717) is 6.04 Å². The Morgan fingerprint density at radius 2 is 2.14 bits per heavy atom. The lowest BCUT2D eigenvalue weighted by Gasteiger charge is -2.19. The van der Waals surface area contributed by atoms with E-state index in [1.54, 1.807) is 6.20 Å². The van der Waals surface area contributed by atoms with Crippen LogP contribution in [0.4, 0.5) is 0 Å². The van der Waals surface area contributed by atoms with Crippen LogP contribution in [0.1, 0.15) is 39.2 Å². The van der Waals surface area contributed by atoms with Crippen molar-refractivity contribution < 1.29 is 4.74 Å². The Morgan fingerprint density at radius 1 is 1.32 bits per heavy atom. The van der Waals surface area contributed by atoms with Gasteiger partial charge in [-0.15, -0.1) is 0 Å². The third-order valence-electron chi connectivity index (χ3n) is 3.84. The van der Waals surface area contributed by atoms with Crippen molar-refractivity contribution in [2.45, 2.75) is 39.7 Å². The van der Waals surface area contributed by atoms with Crippen LogP contribution < -0.4 is 4.74 Å². The minimum atomic E-state index is 0.209. The number of pyridine rings is 1. The third-order valence-corrected chi connectivity index (χ3v) is 3.84. The van der Waals surface area contributed by atoms with Gasteiger partial charge in [0.25, 0.3) is 0 Å². The molecule has 1 aromatic rings. The molecule has 3 heteroatoms. The summed E-state index contributed by atoms with van der Waals surface area (Å²) in [6.45, 7) is 8.48. The Labute approximate surface area is 134 Å². The van der Waals surface area contributed by atoms with Gasteiger partial charge in [0.1, 0.15) is 12.4 Å². The minimum Gasteiger partial charge on any atom is -0.490 e. The molecule has 1 aliphatic rings. The third kappa shape index (κ3) is 5.64. The standard InChI is InChI=1S/C19H28N2O/c1-19(2,3)10-6-5-8-16-12-18(14-20-13-16)22-15-17-9-7-11-21(17)4/h5-6,8,10,12-14,17H,7,9,11,15H2,1-4H3/b8-5+,10-6+/t17-/m0/s1. The highest BCUT2D eigenvalue weighted by Crippen LogP contribution is 2.18. The van der Waals surface area contributed by atoms with E-state index in [4.69, 9.17) is 4.74 Å². The summed E-state index contributed by atoms with van der Waals surface area (Å²) >= 11 is 0. The highest BCUT2D eigenvalue weighted by Gasteiger charge is 2.21. The van der Waals surface area contributed by atoms with Crippen molar-refractivity contribution in [3.05, 3.63) is 42.3 Å². The SMILES string of the molecule is CN1CCC[C@H]1COc1cncc(/C=C/C=C/C(C)(C)C)c1. The van der Waals surface area contributed by atoms with E-state index in [9.17, 15) is 0 Å². The van der Waals surface area contributed by atoms with Crippen molar-refractivity contribution in [2.24, 2.45) is 5.41 Å². The zero-order valence-corrected chi connectivity index (χ0v) is 14.2. The Bertz CT molecular complexity index is 528. The van der Waals surface area contributed by atoms with Crippen molar-refractivity contribution in [1.29, 1.82) is 0 Å². The summed E-state index contributed by atoms with van der Waals surface area (Å²) in [5.74, 6) is 0.849. The number of hydrogen-bond donors (Lipinski definition) is 0. The highest BCUT2D eigenvalue weighted by atomic mass is 16.5. The number of allylic oxidation sites excluding steroid dienone is 3. The fraction of sp³-hybridized carbons (Fsp3) is 0.526. The van der Waals surface area contributed by atoms with Gasteiger partial charge in [0.2, 0.25) is 0 Å². The number of likely N-dealkylation sites (N-methyl/N-ethyl adjacent to an activating group) is 1. The molecule has 2 rings (SSSR count). The van der Waals surface area contributed by atoms with Gasteiger partial charge >= 0.3 is 0 Å². The molecule has 0 bridgehead atoms. The van der Waals surface area contributed by atoms with E-state index in [1.807, 2.05) is 12.3 Å². The second-order valence-corrected chi connectivity index (χ2v) is 7.13. The Hall–Kier alpha value is -1.61. The van der Waals surface area contributed by atoms with Gasteiger partial charge in [-0.1, -0.05) is 45.1 Å². The van der Waals surface area contributed by atoms with Gasteiger partial charge in [-0.25, -0.2) is 0 Å². The second-order valence-electron chi connectivity index (χ2n) is 7.13. The maximum absolute atomic E-state index is 5.91. The topological polar surface area (TPSA) is 25.4 Å². The maximum Gasteiger partial charge on any atom is 0.138 e. The van der Waals surface area contributed by atoms with Gasteiger partial charge in [-0.05, 0) is 43.5 Å². The molecule has 0 aliphatic carbocycles. The van der Waals surface area contributed by atoms with E-state index in [-0.39, 0.29) is 5.41 Å². The van der Waals surface area contributed by atoms with Gasteiger partial charge in [-0.3, -0.25) is 4.98 Å². The summed E-state index contributed by atoms with van der Waals surface area (Å²) in [6, 6.07) is 2.58. The molecule has 1 aliphatic heterocycles. The first-order chi connectivity index (χ1) is 10.4. The fourth-order valence-corrected chi connectivity index (χ4v) is 2.50. The first-order valence-electron chi connectivity index (χ1n) is 8.08. The highest BCUT2D eigenvalue weighted by molar-refractivity contribution is 5.51. The molecule has 120 valence electrons. The average molecular weight is 300 g/mol. The van der Waals surface area contributed by atoms with E-state index >= 15 is 0 Å². The number of likely N-dealkylation sites (tertiary alicyclic amines) is 1. The molecule has 0 radical (unpaired) electrons. The van der Waals surface area contributed by atoms with E-state index < -0.39 is 0 Å². The summed E-state index contributed by atoms with van der Waals surface area (Å²) in [5.41, 5.74) is 1.27. The van der Waals surface area contributed by atoms with Crippen molar-refractivity contribution in [2.75, 3.05) is 20.2 Å². The van der Waals surface area contributed by atoms with Crippen LogP contribution in [0.15, 0.2) is 36.7 Å². The van der Waals surface area contributed by atoms with Crippen LogP contribution in [0, 0.1) is 5.41 Å². The van der Waals surface area contributed by atoms with E-state index in [2.05, 4.69) is 62.0 Å². The largest absolute Gasteiger partial charge is 0.490 e. The van der Waals surface area contributed by atoms with Gasteiger partial charge in [0, 0.05) is 12.2 Å². The van der Waals surface area contributed by atoms with Gasteiger partial charge in [0.05, 0.1) is 6.20 Å². The summed E-state index contributed by atoms with van der Waals surface area (Å²) in [7, 11) is 2.17. The van der Waals surface area contributed by atoms with Crippen LogP contribution in [0.3, 0.4) is 0 Å². The molecular formula is C19H28N2O. The molecule has 0 N–H and O–H groups in total. The Morgan fingerprint density at radius 3 is 2.82 bits per heavy atom. The molecule has 0 spiro atoms. The van der Waals surface area contributed by atoms with Crippen LogP contribution in [-0.4, -0.2) is 36.1 Å². The quantitative estimate of drug-likeness (QED) is 0.763. The van der Waals surface area contributed by atoms with E-state index in [0.717, 1.165) is 17.9 Å². The summed E-state index contributed by atoms with van der Waals surface area (Å²) in [5, 5.41) is 0. The van der Waals surface area contributed by atoms with Crippen LogP contribution in [0.5, 0.6) is 5.75 Å². The summed E-state index contributed by atoms with van der Waals surface area (Å²) < 4.78 is 5.91. The molecule has 0 amide bonds. The van der Waals surface area contributed by atoms with Crippen LogP contribution in [0.2, 0.25) is 0 Å². The fourth-order valence-electron chi connectivity index (χ4n) is 2.50. The number of rotatable bonds is 5. The van der Waals surface area contributed by atoms with Gasteiger partial charge in [0.15, 0.2) is 0 Å². The van der Waals surface area contributed by atoms with Crippen molar-refractivity contribution in [3.63, 3.8) is 0 Å². The first-order valence-corrected chi connectivity index (χ1v) is 8.08. The molecule has 1 fully saturated rings. The Kier molecular flexibility index (Phi) is 5.78. The Balaban J connectivity index is 1.89. The van der Waals surface area contributed by atoms with Crippen LogP contribution in [-0.2, 0) is 0 Å². The summed E-state index contributed by atoms with van der Waals surface area (Å²) in [4.78, 5) is 6.63. The first kappa shape index (κ1) is 16.8. The number of nitrogens with zero attached hydrogens (tertiary/aromatic N) is 2. The zero-order chi connectivity index (χ0) is 16.0. The lowest BCUT2D eigenvalue weighted by Crippen LogP contribution is -2.30. The van der Waals surface area contributed by atoms with Crippen molar-refractivity contribution >= 4 is 6.08 Å².